The molecule has 0 aliphatic heterocycles. The van der Waals surface area contributed by atoms with Gasteiger partial charge in [-0.25, -0.2) is 0 Å². The molecule has 1 aliphatic carbocycles. The van der Waals surface area contributed by atoms with Gasteiger partial charge in [0.05, 0.1) is 11.3 Å². The highest BCUT2D eigenvalue weighted by Crippen LogP contribution is 2.29. The van der Waals surface area contributed by atoms with Crippen molar-refractivity contribution < 1.29 is 4.79 Å². The fourth-order valence-corrected chi connectivity index (χ4v) is 3.01. The first kappa shape index (κ1) is 14.7. The van der Waals surface area contributed by atoms with Crippen LogP contribution < -0.4 is 16.0 Å². The highest BCUT2D eigenvalue weighted by atomic mass is 16.1. The van der Waals surface area contributed by atoms with Crippen molar-refractivity contribution in [1.29, 1.82) is 0 Å². The minimum atomic E-state index is -0.0551. The Bertz CT molecular complexity index is 465. The molecule has 1 amide bonds. The molecule has 1 saturated carbocycles. The summed E-state index contributed by atoms with van der Waals surface area (Å²) in [5.41, 5.74) is 8.25. The Morgan fingerprint density at radius 1 is 1.25 bits per heavy atom. The SMILES string of the molecule is CNC(=O)c1ccc(N)cc1N(C)C1CCCCCC1. The average molecular weight is 275 g/mol. The van der Waals surface area contributed by atoms with Crippen LogP contribution in [0.3, 0.4) is 0 Å². The zero-order chi connectivity index (χ0) is 14.5. The number of hydrogen-bond donors (Lipinski definition) is 2. The van der Waals surface area contributed by atoms with Crippen molar-refractivity contribution in [2.24, 2.45) is 0 Å². The Balaban J connectivity index is 2.29. The Hall–Kier alpha value is -1.71. The molecule has 0 bridgehead atoms. The van der Waals surface area contributed by atoms with Crippen molar-refractivity contribution in [2.45, 2.75) is 44.6 Å². The summed E-state index contributed by atoms with van der Waals surface area (Å²) in [5.74, 6) is -0.0551. The van der Waals surface area contributed by atoms with Crippen LogP contribution in [0, 0.1) is 0 Å². The normalized spacial score (nSPS) is 16.5. The van der Waals surface area contributed by atoms with Crippen molar-refractivity contribution in [3.63, 3.8) is 0 Å². The van der Waals surface area contributed by atoms with Gasteiger partial charge in [0.25, 0.3) is 5.91 Å². The largest absolute Gasteiger partial charge is 0.399 e. The lowest BCUT2D eigenvalue weighted by Crippen LogP contribution is -2.33. The summed E-state index contributed by atoms with van der Waals surface area (Å²) >= 11 is 0. The molecule has 1 fully saturated rings. The molecule has 0 atom stereocenters. The summed E-state index contributed by atoms with van der Waals surface area (Å²) < 4.78 is 0. The van der Waals surface area contributed by atoms with Crippen LogP contribution in [-0.2, 0) is 0 Å². The van der Waals surface area contributed by atoms with Crippen LogP contribution in [0.5, 0.6) is 0 Å². The van der Waals surface area contributed by atoms with Crippen molar-refractivity contribution >= 4 is 17.3 Å². The Morgan fingerprint density at radius 2 is 1.90 bits per heavy atom. The van der Waals surface area contributed by atoms with E-state index in [4.69, 9.17) is 5.73 Å². The first-order chi connectivity index (χ1) is 9.63. The van der Waals surface area contributed by atoms with Gasteiger partial charge >= 0.3 is 0 Å². The van der Waals surface area contributed by atoms with E-state index in [-0.39, 0.29) is 5.91 Å². The maximum Gasteiger partial charge on any atom is 0.253 e. The summed E-state index contributed by atoms with van der Waals surface area (Å²) in [6.07, 6.45) is 7.57. The predicted octanol–water partition coefficient (Wildman–Crippen LogP) is 2.79. The van der Waals surface area contributed by atoms with Gasteiger partial charge < -0.3 is 16.0 Å². The monoisotopic (exact) mass is 275 g/mol. The smallest absolute Gasteiger partial charge is 0.253 e. The first-order valence-corrected chi connectivity index (χ1v) is 7.48. The Labute approximate surface area is 121 Å². The number of carbonyl (C=O) groups is 1. The van der Waals surface area contributed by atoms with Crippen LogP contribution in [-0.4, -0.2) is 26.0 Å². The summed E-state index contributed by atoms with van der Waals surface area (Å²) in [6.45, 7) is 0. The second kappa shape index (κ2) is 6.64. The minimum absolute atomic E-state index is 0.0551. The lowest BCUT2D eigenvalue weighted by Gasteiger charge is -2.31. The van der Waals surface area contributed by atoms with E-state index in [1.54, 1.807) is 13.1 Å². The Morgan fingerprint density at radius 3 is 2.50 bits per heavy atom. The van der Waals surface area contributed by atoms with E-state index in [1.165, 1.54) is 38.5 Å². The highest BCUT2D eigenvalue weighted by Gasteiger charge is 2.21. The standard InChI is InChI=1S/C16H25N3O/c1-18-16(20)14-10-9-12(17)11-15(14)19(2)13-7-5-3-4-6-8-13/h9-11,13H,3-8,17H2,1-2H3,(H,18,20). The number of nitrogens with one attached hydrogen (secondary N) is 1. The third-order valence-corrected chi connectivity index (χ3v) is 4.25. The Kier molecular flexibility index (Phi) is 4.88. The van der Waals surface area contributed by atoms with E-state index in [0.29, 0.717) is 17.3 Å². The minimum Gasteiger partial charge on any atom is -0.399 e. The lowest BCUT2D eigenvalue weighted by molar-refractivity contribution is 0.0963. The number of nitrogen functional groups attached to an aromatic ring is 1. The van der Waals surface area contributed by atoms with Gasteiger partial charge in [0, 0.05) is 25.8 Å². The van der Waals surface area contributed by atoms with Crippen LogP contribution in [0.15, 0.2) is 18.2 Å². The zero-order valence-corrected chi connectivity index (χ0v) is 12.5. The van der Waals surface area contributed by atoms with Gasteiger partial charge in [-0.15, -0.1) is 0 Å². The van der Waals surface area contributed by atoms with E-state index in [2.05, 4.69) is 17.3 Å². The number of anilines is 2. The van der Waals surface area contributed by atoms with Gasteiger partial charge in [-0.05, 0) is 31.0 Å². The summed E-state index contributed by atoms with van der Waals surface area (Å²) in [7, 11) is 3.74. The van der Waals surface area contributed by atoms with Crippen LogP contribution in [0.4, 0.5) is 11.4 Å². The molecule has 20 heavy (non-hydrogen) atoms. The molecule has 4 heteroatoms. The molecule has 1 aliphatic rings. The van der Waals surface area contributed by atoms with Crippen LogP contribution in [0.1, 0.15) is 48.9 Å². The number of amides is 1. The number of benzene rings is 1. The topological polar surface area (TPSA) is 58.4 Å². The van der Waals surface area contributed by atoms with Gasteiger partial charge in [-0.3, -0.25) is 4.79 Å². The van der Waals surface area contributed by atoms with E-state index < -0.39 is 0 Å². The third kappa shape index (κ3) is 3.24. The molecule has 0 saturated heterocycles. The van der Waals surface area contributed by atoms with E-state index in [9.17, 15) is 4.79 Å². The fraction of sp³-hybridized carbons (Fsp3) is 0.562. The molecule has 0 unspecified atom stereocenters. The van der Waals surface area contributed by atoms with E-state index in [1.807, 2.05) is 12.1 Å². The molecule has 2 rings (SSSR count). The zero-order valence-electron chi connectivity index (χ0n) is 12.5. The number of nitrogens with zero attached hydrogens (tertiary/aromatic N) is 1. The maximum absolute atomic E-state index is 12.0. The van der Waals surface area contributed by atoms with Crippen molar-refractivity contribution in [3.05, 3.63) is 23.8 Å². The van der Waals surface area contributed by atoms with Gasteiger partial charge in [-0.2, -0.15) is 0 Å². The molecule has 110 valence electrons. The molecule has 1 aromatic carbocycles. The van der Waals surface area contributed by atoms with E-state index in [0.717, 1.165) is 5.69 Å². The molecule has 0 spiro atoms. The van der Waals surface area contributed by atoms with Gasteiger partial charge in [0.1, 0.15) is 0 Å². The van der Waals surface area contributed by atoms with Gasteiger partial charge in [-0.1, -0.05) is 25.7 Å². The second-order valence-electron chi connectivity index (χ2n) is 5.61. The predicted molar refractivity (Wildman–Crippen MR) is 84.1 cm³/mol. The first-order valence-electron chi connectivity index (χ1n) is 7.48. The summed E-state index contributed by atoms with van der Waals surface area (Å²) in [5, 5.41) is 2.70. The molecular weight excluding hydrogens is 250 g/mol. The second-order valence-corrected chi connectivity index (χ2v) is 5.61. The number of rotatable bonds is 3. The highest BCUT2D eigenvalue weighted by molar-refractivity contribution is 6.00. The van der Waals surface area contributed by atoms with Crippen molar-refractivity contribution in [2.75, 3.05) is 24.7 Å². The van der Waals surface area contributed by atoms with Gasteiger partial charge in [0.15, 0.2) is 0 Å². The van der Waals surface area contributed by atoms with Crippen LogP contribution >= 0.6 is 0 Å². The number of carbonyl (C=O) groups excluding carboxylic acids is 1. The van der Waals surface area contributed by atoms with Crippen molar-refractivity contribution in [3.8, 4) is 0 Å². The fourth-order valence-electron chi connectivity index (χ4n) is 3.01. The number of nitrogens with two attached hydrogens (primary N) is 1. The molecule has 0 heterocycles. The molecule has 4 nitrogen and oxygen atoms in total. The summed E-state index contributed by atoms with van der Waals surface area (Å²) in [4.78, 5) is 14.3. The molecule has 0 radical (unpaired) electrons. The lowest BCUT2D eigenvalue weighted by atomic mass is 10.0. The average Bonchev–Trinajstić information content (AvgIpc) is 2.74. The van der Waals surface area contributed by atoms with Crippen molar-refractivity contribution in [1.82, 2.24) is 5.32 Å². The number of hydrogen-bond acceptors (Lipinski definition) is 3. The third-order valence-electron chi connectivity index (χ3n) is 4.25. The molecule has 1 aromatic rings. The molecule has 0 aromatic heterocycles. The van der Waals surface area contributed by atoms with E-state index >= 15 is 0 Å². The van der Waals surface area contributed by atoms with Crippen LogP contribution in [0.2, 0.25) is 0 Å². The molecular formula is C16H25N3O. The maximum atomic E-state index is 12.0. The van der Waals surface area contributed by atoms with Gasteiger partial charge in [0.2, 0.25) is 0 Å². The van der Waals surface area contributed by atoms with Crippen LogP contribution in [0.25, 0.3) is 0 Å². The molecule has 3 N–H and O–H groups in total. The quantitative estimate of drug-likeness (QED) is 0.659. The summed E-state index contributed by atoms with van der Waals surface area (Å²) in [6, 6.07) is 6.02.